The molecule has 0 aliphatic carbocycles. The van der Waals surface area contributed by atoms with E-state index >= 15 is 0 Å². The van der Waals surface area contributed by atoms with E-state index in [9.17, 15) is 0 Å². The molecule has 6 atom stereocenters. The lowest BCUT2D eigenvalue weighted by Crippen LogP contribution is -2.35. The lowest BCUT2D eigenvalue weighted by Gasteiger charge is -2.35. The van der Waals surface area contributed by atoms with E-state index in [1.807, 2.05) is 0 Å². The summed E-state index contributed by atoms with van der Waals surface area (Å²) in [5.74, 6) is 4.46. The van der Waals surface area contributed by atoms with Crippen molar-refractivity contribution in [2.45, 2.75) is 59.5 Å². The maximum absolute atomic E-state index is 5.56. The first-order chi connectivity index (χ1) is 11.1. The molecule has 0 saturated carbocycles. The van der Waals surface area contributed by atoms with Gasteiger partial charge in [-0.3, -0.25) is 0 Å². The van der Waals surface area contributed by atoms with Crippen LogP contribution in [-0.4, -0.2) is 39.0 Å². The third-order valence-electron chi connectivity index (χ3n) is 6.16. The molecule has 0 radical (unpaired) electrons. The van der Waals surface area contributed by atoms with Crippen molar-refractivity contribution >= 4 is 0 Å². The average Bonchev–Trinajstić information content (AvgIpc) is 3.22. The van der Waals surface area contributed by atoms with E-state index in [0.29, 0.717) is 11.8 Å². The molecule has 4 rings (SSSR count). The molecule has 0 aromatic heterocycles. The monoisotopic (exact) mass is 326 g/mol. The van der Waals surface area contributed by atoms with Crippen molar-refractivity contribution in [3.05, 3.63) is 0 Å². The van der Waals surface area contributed by atoms with Gasteiger partial charge in [0.1, 0.15) is 0 Å². The van der Waals surface area contributed by atoms with Crippen LogP contribution >= 0.6 is 0 Å². The summed E-state index contributed by atoms with van der Waals surface area (Å²) in [5, 5.41) is 0. The zero-order valence-electron chi connectivity index (χ0n) is 15.2. The second-order valence-electron chi connectivity index (χ2n) is 8.19. The number of hydrogen-bond acceptors (Lipinski definition) is 4. The van der Waals surface area contributed by atoms with Gasteiger partial charge in [0.15, 0.2) is 12.6 Å². The minimum absolute atomic E-state index is 0.131. The van der Waals surface area contributed by atoms with Crippen LogP contribution < -0.4 is 0 Å². The molecule has 0 aromatic carbocycles. The number of hydrogen-bond donors (Lipinski definition) is 0. The van der Waals surface area contributed by atoms with Crippen molar-refractivity contribution in [3.63, 3.8) is 0 Å². The Bertz CT molecular complexity index is 370. The van der Waals surface area contributed by atoms with Gasteiger partial charge in [0.05, 0.1) is 26.4 Å². The maximum Gasteiger partial charge on any atom is 0.160 e. The Morgan fingerprint density at radius 1 is 0.609 bits per heavy atom. The zero-order chi connectivity index (χ0) is 16.4. The fourth-order valence-corrected chi connectivity index (χ4v) is 4.71. The first-order valence-corrected chi connectivity index (χ1v) is 9.54. The Kier molecular flexibility index (Phi) is 6.00. The highest BCUT2D eigenvalue weighted by atomic mass is 16.7. The predicted octanol–water partition coefficient (Wildman–Crippen LogP) is 3.69. The molecule has 0 bridgehead atoms. The van der Waals surface area contributed by atoms with Crippen molar-refractivity contribution in [2.24, 2.45) is 35.5 Å². The van der Waals surface area contributed by atoms with Crippen LogP contribution in [0, 0.1) is 35.5 Å². The predicted molar refractivity (Wildman–Crippen MR) is 88.9 cm³/mol. The summed E-state index contributed by atoms with van der Waals surface area (Å²) >= 11 is 0. The Morgan fingerprint density at radius 3 is 1.65 bits per heavy atom. The van der Waals surface area contributed by atoms with Crippen LogP contribution in [0.4, 0.5) is 0 Å². The van der Waals surface area contributed by atoms with Gasteiger partial charge in [-0.15, -0.1) is 0 Å². The van der Waals surface area contributed by atoms with Gasteiger partial charge in [0, 0.05) is 11.8 Å². The molecule has 0 amide bonds. The van der Waals surface area contributed by atoms with E-state index in [-0.39, 0.29) is 12.6 Å². The van der Waals surface area contributed by atoms with Crippen molar-refractivity contribution in [1.29, 1.82) is 0 Å². The summed E-state index contributed by atoms with van der Waals surface area (Å²) in [6.45, 7) is 12.8. The molecule has 0 spiro atoms. The zero-order valence-corrected chi connectivity index (χ0v) is 15.2. The molecule has 0 N–H and O–H groups in total. The molecule has 0 aromatic rings. The SMILES string of the molecule is CC(C)[C@H]1CCO[C@H]2OCC[C@H]21.CC(C)[C@H]1CO[C@H]2OCC[C@H]21. The van der Waals surface area contributed by atoms with Gasteiger partial charge in [0.25, 0.3) is 0 Å². The Hall–Kier alpha value is -0.160. The van der Waals surface area contributed by atoms with Crippen LogP contribution in [0.3, 0.4) is 0 Å². The number of rotatable bonds is 2. The van der Waals surface area contributed by atoms with Crippen LogP contribution in [0.25, 0.3) is 0 Å². The molecule has 0 unspecified atom stereocenters. The molecule has 4 fully saturated rings. The van der Waals surface area contributed by atoms with Crippen molar-refractivity contribution in [3.8, 4) is 0 Å². The lowest BCUT2D eigenvalue weighted by molar-refractivity contribution is -0.171. The minimum Gasteiger partial charge on any atom is -0.352 e. The normalized spacial score (nSPS) is 42.5. The first-order valence-electron chi connectivity index (χ1n) is 9.54. The lowest BCUT2D eigenvalue weighted by atomic mass is 9.79. The van der Waals surface area contributed by atoms with Crippen LogP contribution in [-0.2, 0) is 18.9 Å². The van der Waals surface area contributed by atoms with Gasteiger partial charge in [-0.05, 0) is 42.9 Å². The third kappa shape index (κ3) is 3.92. The Morgan fingerprint density at radius 2 is 1.09 bits per heavy atom. The Labute approximate surface area is 141 Å². The molecule has 4 aliphatic rings. The van der Waals surface area contributed by atoms with E-state index in [1.165, 1.54) is 19.3 Å². The van der Waals surface area contributed by atoms with Gasteiger partial charge in [0.2, 0.25) is 0 Å². The van der Waals surface area contributed by atoms with Crippen LogP contribution in [0.5, 0.6) is 0 Å². The van der Waals surface area contributed by atoms with E-state index in [1.54, 1.807) is 0 Å². The van der Waals surface area contributed by atoms with Gasteiger partial charge < -0.3 is 18.9 Å². The van der Waals surface area contributed by atoms with Crippen LogP contribution in [0.2, 0.25) is 0 Å². The summed E-state index contributed by atoms with van der Waals surface area (Å²) in [6.07, 6.45) is 3.90. The number of fused-ring (bicyclic) bond motifs is 2. The summed E-state index contributed by atoms with van der Waals surface area (Å²) in [4.78, 5) is 0. The molecular weight excluding hydrogens is 292 g/mol. The largest absolute Gasteiger partial charge is 0.352 e. The van der Waals surface area contributed by atoms with Gasteiger partial charge in [-0.2, -0.15) is 0 Å². The fourth-order valence-electron chi connectivity index (χ4n) is 4.71. The quantitative estimate of drug-likeness (QED) is 0.775. The van der Waals surface area contributed by atoms with Gasteiger partial charge >= 0.3 is 0 Å². The second kappa shape index (κ2) is 7.81. The average molecular weight is 326 g/mol. The van der Waals surface area contributed by atoms with E-state index in [0.717, 1.165) is 50.1 Å². The molecule has 134 valence electrons. The molecule has 4 saturated heterocycles. The molecular formula is C19H34O4. The van der Waals surface area contributed by atoms with Crippen LogP contribution in [0.1, 0.15) is 47.0 Å². The molecule has 4 heterocycles. The van der Waals surface area contributed by atoms with Gasteiger partial charge in [-0.1, -0.05) is 27.7 Å². The standard InChI is InChI=1S/C10H18O2.C9H16O2/c1-7(2)8-3-5-11-10-9(8)4-6-12-10;1-6(2)8-5-11-9-7(8)3-4-10-9/h7-10H,3-6H2,1-2H3;6-9H,3-5H2,1-2H3/t8-,9+,10+;7-,8+,9+/m10/s1. The minimum atomic E-state index is 0.131. The summed E-state index contributed by atoms with van der Waals surface area (Å²) < 4.78 is 22.0. The molecule has 23 heavy (non-hydrogen) atoms. The summed E-state index contributed by atoms with van der Waals surface area (Å²) in [7, 11) is 0. The van der Waals surface area contributed by atoms with E-state index < -0.39 is 0 Å². The second-order valence-corrected chi connectivity index (χ2v) is 8.19. The highest BCUT2D eigenvalue weighted by molar-refractivity contribution is 4.84. The van der Waals surface area contributed by atoms with Crippen LogP contribution in [0.15, 0.2) is 0 Å². The highest BCUT2D eigenvalue weighted by Gasteiger charge is 2.42. The highest BCUT2D eigenvalue weighted by Crippen LogP contribution is 2.39. The fraction of sp³-hybridized carbons (Fsp3) is 1.00. The first kappa shape index (κ1) is 17.7. The molecule has 4 heteroatoms. The van der Waals surface area contributed by atoms with Crippen molar-refractivity contribution < 1.29 is 18.9 Å². The van der Waals surface area contributed by atoms with Gasteiger partial charge in [-0.25, -0.2) is 0 Å². The van der Waals surface area contributed by atoms with Crippen molar-refractivity contribution in [2.75, 3.05) is 26.4 Å². The summed E-state index contributed by atoms with van der Waals surface area (Å²) in [6, 6.07) is 0. The molecule has 4 nitrogen and oxygen atoms in total. The third-order valence-corrected chi connectivity index (χ3v) is 6.16. The van der Waals surface area contributed by atoms with E-state index in [4.69, 9.17) is 18.9 Å². The van der Waals surface area contributed by atoms with Crippen molar-refractivity contribution in [1.82, 2.24) is 0 Å². The van der Waals surface area contributed by atoms with E-state index in [2.05, 4.69) is 27.7 Å². The Balaban J connectivity index is 0.000000136. The topological polar surface area (TPSA) is 36.9 Å². The summed E-state index contributed by atoms with van der Waals surface area (Å²) in [5.41, 5.74) is 0. The smallest absolute Gasteiger partial charge is 0.160 e. The number of ether oxygens (including phenoxy) is 4. The maximum atomic E-state index is 5.56. The molecule has 4 aliphatic heterocycles.